The van der Waals surface area contributed by atoms with Crippen LogP contribution in [0.5, 0.6) is 0 Å². The molecule has 2 heterocycles. The van der Waals surface area contributed by atoms with Crippen molar-refractivity contribution in [1.82, 2.24) is 35.4 Å². The highest BCUT2D eigenvalue weighted by atomic mass is 16.2. The number of carbonyl (C=O) groups excluding carboxylic acids is 1. The molecule has 3 N–H and O–H groups in total. The topological polar surface area (TPSA) is 129 Å². The molecule has 21 heavy (non-hydrogen) atoms. The summed E-state index contributed by atoms with van der Waals surface area (Å²) in [4.78, 5) is 11.7. The van der Waals surface area contributed by atoms with Gasteiger partial charge in [-0.15, -0.1) is 0 Å². The van der Waals surface area contributed by atoms with Crippen LogP contribution >= 0.6 is 0 Å². The number of nitrogens with two attached hydrogens (primary N) is 1. The number of nitrogens with zero attached hydrogens (tertiary/aromatic N) is 7. The van der Waals surface area contributed by atoms with E-state index in [4.69, 9.17) is 5.73 Å². The number of aromatic nitrogens is 6. The van der Waals surface area contributed by atoms with Gasteiger partial charge in [-0.1, -0.05) is 5.10 Å². The molecule has 2 rings (SSSR count). The lowest BCUT2D eigenvalue weighted by Crippen LogP contribution is -2.24. The number of nitrogens with one attached hydrogen (secondary N) is 1. The summed E-state index contributed by atoms with van der Waals surface area (Å²) in [6.45, 7) is 6.55. The summed E-state index contributed by atoms with van der Waals surface area (Å²) in [6, 6.07) is 0. The highest BCUT2D eigenvalue weighted by molar-refractivity contribution is 5.84. The van der Waals surface area contributed by atoms with Crippen LogP contribution in [0, 0.1) is 13.8 Å². The molecule has 0 radical (unpaired) electrons. The molecule has 0 atom stereocenters. The van der Waals surface area contributed by atoms with Crippen molar-refractivity contribution in [3.05, 3.63) is 17.0 Å². The molecule has 0 spiro atoms. The Morgan fingerprint density at radius 1 is 1.43 bits per heavy atom. The fourth-order valence-electron chi connectivity index (χ4n) is 1.87. The average Bonchev–Trinajstić information content (AvgIpc) is 2.96. The number of amides is 1. The summed E-state index contributed by atoms with van der Waals surface area (Å²) in [5, 5.41) is 18.7. The first-order chi connectivity index (χ1) is 10.0. The molecule has 0 aliphatic carbocycles. The molecule has 0 saturated heterocycles. The quantitative estimate of drug-likeness (QED) is 0.550. The summed E-state index contributed by atoms with van der Waals surface area (Å²) < 4.78 is 3.05. The Labute approximate surface area is 121 Å². The van der Waals surface area contributed by atoms with Crippen molar-refractivity contribution in [2.45, 2.75) is 33.9 Å². The van der Waals surface area contributed by atoms with Crippen LogP contribution in [0.4, 0.5) is 5.95 Å². The summed E-state index contributed by atoms with van der Waals surface area (Å²) in [5.41, 5.74) is 10.6. The third-order valence-corrected chi connectivity index (χ3v) is 2.97. The number of anilines is 1. The van der Waals surface area contributed by atoms with Gasteiger partial charge in [0.2, 0.25) is 5.95 Å². The highest BCUT2D eigenvalue weighted by Crippen LogP contribution is 2.09. The Bertz CT molecular complexity index is 669. The number of aryl methyl sites for hydroxylation is 2. The molecule has 2 aromatic heterocycles. The van der Waals surface area contributed by atoms with Gasteiger partial charge in [0.1, 0.15) is 6.54 Å². The molecule has 0 aliphatic rings. The predicted molar refractivity (Wildman–Crippen MR) is 75.3 cm³/mol. The van der Waals surface area contributed by atoms with Crippen LogP contribution in [0.3, 0.4) is 0 Å². The van der Waals surface area contributed by atoms with Crippen LogP contribution in [0.15, 0.2) is 5.10 Å². The molecular weight excluding hydrogens is 274 g/mol. The first kappa shape index (κ1) is 14.6. The molecule has 0 bridgehead atoms. The van der Waals surface area contributed by atoms with E-state index in [-0.39, 0.29) is 18.4 Å². The number of hydrogen-bond donors (Lipinski definition) is 2. The monoisotopic (exact) mass is 291 g/mol. The van der Waals surface area contributed by atoms with Gasteiger partial charge in [0.25, 0.3) is 5.91 Å². The lowest BCUT2D eigenvalue weighted by molar-refractivity contribution is -0.121. The van der Waals surface area contributed by atoms with Crippen LogP contribution in [-0.4, -0.2) is 42.1 Å². The van der Waals surface area contributed by atoms with Gasteiger partial charge in [-0.3, -0.25) is 9.48 Å². The Morgan fingerprint density at radius 2 is 2.19 bits per heavy atom. The van der Waals surface area contributed by atoms with Crippen LogP contribution in [0.25, 0.3) is 0 Å². The molecule has 0 saturated carbocycles. The maximum absolute atomic E-state index is 11.7. The van der Waals surface area contributed by atoms with E-state index in [2.05, 4.69) is 31.2 Å². The number of hydrogen-bond acceptors (Lipinski definition) is 7. The Kier molecular flexibility index (Phi) is 4.26. The minimum Gasteiger partial charge on any atom is -0.367 e. The van der Waals surface area contributed by atoms with Gasteiger partial charge in [0.15, 0.2) is 0 Å². The maximum atomic E-state index is 11.7. The third kappa shape index (κ3) is 3.22. The number of tetrazole rings is 1. The zero-order valence-electron chi connectivity index (χ0n) is 12.1. The van der Waals surface area contributed by atoms with Crippen molar-refractivity contribution in [2.75, 3.05) is 5.73 Å². The number of rotatable bonds is 5. The molecule has 0 aliphatic heterocycles. The molecule has 0 unspecified atom stereocenters. The Hall–Kier alpha value is -2.78. The van der Waals surface area contributed by atoms with Crippen molar-refractivity contribution < 1.29 is 4.79 Å². The van der Waals surface area contributed by atoms with Gasteiger partial charge in [0.05, 0.1) is 11.9 Å². The highest BCUT2D eigenvalue weighted by Gasteiger charge is 2.09. The molecule has 2 aromatic rings. The number of carbonyl (C=O) groups is 1. The standard InChI is InChI=1S/C11H17N9O/c1-4-19-8(3)9(7(2)16-19)5-13-14-10(21)6-20-11(12)15-17-18-20/h5H,4,6H2,1-3H3,(H,14,21)(H2,12,15,18). The second-order valence-electron chi connectivity index (χ2n) is 4.39. The minimum absolute atomic E-state index is 0.0741. The SMILES string of the molecule is CCn1nc(C)c(C=NNC(=O)Cn2nnnc2N)c1C. The number of nitrogen functional groups attached to an aromatic ring is 1. The molecule has 10 heteroatoms. The predicted octanol–water partition coefficient (Wildman–Crippen LogP) is -0.761. The van der Waals surface area contributed by atoms with E-state index in [0.29, 0.717) is 0 Å². The van der Waals surface area contributed by atoms with Crippen molar-refractivity contribution >= 4 is 18.1 Å². The molecular formula is C11H17N9O. The van der Waals surface area contributed by atoms with E-state index in [0.717, 1.165) is 23.5 Å². The van der Waals surface area contributed by atoms with Crippen LogP contribution in [0.1, 0.15) is 23.9 Å². The lowest BCUT2D eigenvalue weighted by Gasteiger charge is -2.00. The van der Waals surface area contributed by atoms with Gasteiger partial charge >= 0.3 is 0 Å². The van der Waals surface area contributed by atoms with E-state index in [9.17, 15) is 4.79 Å². The Balaban J connectivity index is 1.98. The number of hydrazone groups is 1. The van der Waals surface area contributed by atoms with Gasteiger partial charge in [0, 0.05) is 17.8 Å². The first-order valence-electron chi connectivity index (χ1n) is 6.40. The molecule has 0 aromatic carbocycles. The van der Waals surface area contributed by atoms with Crippen LogP contribution < -0.4 is 11.2 Å². The zero-order chi connectivity index (χ0) is 15.4. The molecule has 112 valence electrons. The Morgan fingerprint density at radius 3 is 2.76 bits per heavy atom. The largest absolute Gasteiger partial charge is 0.367 e. The second kappa shape index (κ2) is 6.11. The summed E-state index contributed by atoms with van der Waals surface area (Å²) in [6.07, 6.45) is 1.57. The van der Waals surface area contributed by atoms with Crippen LogP contribution in [-0.2, 0) is 17.9 Å². The van der Waals surface area contributed by atoms with E-state index >= 15 is 0 Å². The average molecular weight is 291 g/mol. The third-order valence-electron chi connectivity index (χ3n) is 2.97. The fourth-order valence-corrected chi connectivity index (χ4v) is 1.87. The minimum atomic E-state index is -0.372. The zero-order valence-corrected chi connectivity index (χ0v) is 12.1. The summed E-state index contributed by atoms with van der Waals surface area (Å²) >= 11 is 0. The molecule has 1 amide bonds. The van der Waals surface area contributed by atoms with Crippen molar-refractivity contribution in [2.24, 2.45) is 5.10 Å². The van der Waals surface area contributed by atoms with E-state index in [1.165, 1.54) is 4.68 Å². The van der Waals surface area contributed by atoms with E-state index in [1.807, 2.05) is 25.5 Å². The van der Waals surface area contributed by atoms with Crippen molar-refractivity contribution in [3.8, 4) is 0 Å². The lowest BCUT2D eigenvalue weighted by atomic mass is 10.2. The van der Waals surface area contributed by atoms with Gasteiger partial charge in [-0.05, 0) is 31.2 Å². The van der Waals surface area contributed by atoms with Gasteiger partial charge in [-0.2, -0.15) is 10.2 Å². The van der Waals surface area contributed by atoms with Crippen molar-refractivity contribution in [1.29, 1.82) is 0 Å². The van der Waals surface area contributed by atoms with E-state index < -0.39 is 0 Å². The van der Waals surface area contributed by atoms with Crippen molar-refractivity contribution in [3.63, 3.8) is 0 Å². The smallest absolute Gasteiger partial charge is 0.261 e. The van der Waals surface area contributed by atoms with Crippen LogP contribution in [0.2, 0.25) is 0 Å². The summed E-state index contributed by atoms with van der Waals surface area (Å²) in [7, 11) is 0. The summed E-state index contributed by atoms with van der Waals surface area (Å²) in [5.74, 6) is -0.298. The molecule has 0 fully saturated rings. The fraction of sp³-hybridized carbons (Fsp3) is 0.455. The van der Waals surface area contributed by atoms with Gasteiger partial charge in [-0.25, -0.2) is 10.1 Å². The van der Waals surface area contributed by atoms with E-state index in [1.54, 1.807) is 6.21 Å². The van der Waals surface area contributed by atoms with Gasteiger partial charge < -0.3 is 5.73 Å². The first-order valence-corrected chi connectivity index (χ1v) is 6.40. The maximum Gasteiger partial charge on any atom is 0.261 e. The normalized spacial score (nSPS) is 11.2. The second-order valence-corrected chi connectivity index (χ2v) is 4.39. The molecule has 10 nitrogen and oxygen atoms in total.